The number of rotatable bonds is 2. The Balaban J connectivity index is 2.47. The van der Waals surface area contributed by atoms with Gasteiger partial charge in [-0.1, -0.05) is 12.1 Å². The van der Waals surface area contributed by atoms with Crippen LogP contribution in [0.25, 0.3) is 0 Å². The Bertz CT molecular complexity index is 509. The van der Waals surface area contributed by atoms with E-state index in [0.717, 1.165) is 0 Å². The summed E-state index contributed by atoms with van der Waals surface area (Å²) in [5.74, 6) is -3.87. The first kappa shape index (κ1) is 14.2. The molecule has 0 bridgehead atoms. The number of carbonyl (C=O) groups is 1. The van der Waals surface area contributed by atoms with Crippen molar-refractivity contribution in [2.75, 3.05) is 5.73 Å². The molecule has 104 valence electrons. The first-order valence-electron chi connectivity index (χ1n) is 5.94. The molecule has 3 nitrogen and oxygen atoms in total. The monoisotopic (exact) mass is 333 g/mol. The van der Waals surface area contributed by atoms with Gasteiger partial charge in [-0.3, -0.25) is 4.79 Å². The van der Waals surface area contributed by atoms with Crippen molar-refractivity contribution in [3.63, 3.8) is 0 Å². The van der Waals surface area contributed by atoms with Gasteiger partial charge in [0, 0.05) is 17.3 Å². The highest BCUT2D eigenvalue weighted by Crippen LogP contribution is 2.48. The molecule has 0 aliphatic heterocycles. The van der Waals surface area contributed by atoms with E-state index >= 15 is 0 Å². The molecule has 0 radical (unpaired) electrons. The van der Waals surface area contributed by atoms with Gasteiger partial charge in [-0.2, -0.15) is 0 Å². The number of carboxylic acids is 1. The van der Waals surface area contributed by atoms with Gasteiger partial charge in [0.25, 0.3) is 0 Å². The molecule has 1 saturated carbocycles. The van der Waals surface area contributed by atoms with Crippen molar-refractivity contribution in [3.05, 3.63) is 28.2 Å². The average Bonchev–Trinajstić information content (AvgIpc) is 2.33. The molecule has 3 N–H and O–H groups in total. The standard InChI is InChI=1S/C13H14BrF2NO2/c14-9-3-1-2-8(10(9)17)12(11(18)19)4-6-13(15,16)7-5-12/h1-3H,4-7,17H2,(H,18,19). The van der Waals surface area contributed by atoms with E-state index in [1.165, 1.54) is 0 Å². The summed E-state index contributed by atoms with van der Waals surface area (Å²) < 4.78 is 27.1. The fraction of sp³-hybridized carbons (Fsp3) is 0.462. The number of hydrogen-bond donors (Lipinski definition) is 2. The Morgan fingerprint density at radius 2 is 1.84 bits per heavy atom. The fourth-order valence-corrected chi connectivity index (χ4v) is 2.96. The van der Waals surface area contributed by atoms with E-state index < -0.39 is 30.1 Å². The lowest BCUT2D eigenvalue weighted by molar-refractivity contribution is -0.149. The van der Waals surface area contributed by atoms with Crippen molar-refractivity contribution in [2.45, 2.75) is 37.0 Å². The molecule has 1 aliphatic rings. The second-order valence-electron chi connectivity index (χ2n) is 4.94. The van der Waals surface area contributed by atoms with Crippen LogP contribution in [0.5, 0.6) is 0 Å². The highest BCUT2D eigenvalue weighted by Gasteiger charge is 2.49. The second-order valence-corrected chi connectivity index (χ2v) is 5.80. The third-order valence-electron chi connectivity index (χ3n) is 3.81. The third kappa shape index (κ3) is 2.45. The van der Waals surface area contributed by atoms with Gasteiger partial charge in [-0.15, -0.1) is 0 Å². The van der Waals surface area contributed by atoms with Crippen molar-refractivity contribution in [3.8, 4) is 0 Å². The summed E-state index contributed by atoms with van der Waals surface area (Å²) in [6.07, 6.45) is -1.05. The zero-order valence-corrected chi connectivity index (χ0v) is 11.7. The number of nitrogen functional groups attached to an aromatic ring is 1. The predicted octanol–water partition coefficient (Wildman–Crippen LogP) is 3.56. The summed E-state index contributed by atoms with van der Waals surface area (Å²) in [4.78, 5) is 11.6. The van der Waals surface area contributed by atoms with Gasteiger partial charge in [0.1, 0.15) is 0 Å². The van der Waals surface area contributed by atoms with Crippen LogP contribution >= 0.6 is 15.9 Å². The SMILES string of the molecule is Nc1c(Br)cccc1C1(C(=O)O)CCC(F)(F)CC1. The van der Waals surface area contributed by atoms with Gasteiger partial charge >= 0.3 is 5.97 Å². The number of carboxylic acid groups (broad SMARTS) is 1. The Labute approximate surface area is 117 Å². The number of halogens is 3. The molecular formula is C13H14BrF2NO2. The smallest absolute Gasteiger partial charge is 0.314 e. The Hall–Kier alpha value is -1.17. The first-order valence-corrected chi connectivity index (χ1v) is 6.73. The van der Waals surface area contributed by atoms with Gasteiger partial charge in [-0.25, -0.2) is 8.78 Å². The fourth-order valence-electron chi connectivity index (χ4n) is 2.60. The minimum atomic E-state index is -2.78. The molecular weight excluding hydrogens is 320 g/mol. The van der Waals surface area contributed by atoms with E-state index in [-0.39, 0.29) is 12.8 Å². The lowest BCUT2D eigenvalue weighted by Crippen LogP contribution is -2.43. The molecule has 0 saturated heterocycles. The summed E-state index contributed by atoms with van der Waals surface area (Å²) in [6, 6.07) is 4.98. The quantitative estimate of drug-likeness (QED) is 0.813. The van der Waals surface area contributed by atoms with Crippen molar-refractivity contribution >= 4 is 27.6 Å². The number of hydrogen-bond acceptors (Lipinski definition) is 2. The molecule has 0 spiro atoms. The average molecular weight is 334 g/mol. The number of nitrogens with two attached hydrogens (primary N) is 1. The predicted molar refractivity (Wildman–Crippen MR) is 71.3 cm³/mol. The van der Waals surface area contributed by atoms with Crippen LogP contribution in [0.4, 0.5) is 14.5 Å². The molecule has 0 unspecified atom stereocenters. The van der Waals surface area contributed by atoms with E-state index in [2.05, 4.69) is 15.9 Å². The van der Waals surface area contributed by atoms with Crippen LogP contribution in [0.3, 0.4) is 0 Å². The molecule has 6 heteroatoms. The van der Waals surface area contributed by atoms with E-state index in [9.17, 15) is 18.7 Å². The van der Waals surface area contributed by atoms with Gasteiger partial charge in [-0.05, 0) is 40.4 Å². The van der Waals surface area contributed by atoms with Crippen molar-refractivity contribution < 1.29 is 18.7 Å². The van der Waals surface area contributed by atoms with Crippen molar-refractivity contribution in [2.24, 2.45) is 0 Å². The summed E-state index contributed by atoms with van der Waals surface area (Å²) in [5.41, 5.74) is 5.33. The van der Waals surface area contributed by atoms with Crippen LogP contribution in [0.1, 0.15) is 31.2 Å². The normalized spacial score (nSPS) is 21.0. The topological polar surface area (TPSA) is 63.3 Å². The molecule has 0 heterocycles. The van der Waals surface area contributed by atoms with E-state index in [1.54, 1.807) is 18.2 Å². The molecule has 1 aromatic carbocycles. The highest BCUT2D eigenvalue weighted by molar-refractivity contribution is 9.10. The van der Waals surface area contributed by atoms with Crippen LogP contribution in [-0.2, 0) is 10.2 Å². The summed E-state index contributed by atoms with van der Waals surface area (Å²) in [7, 11) is 0. The van der Waals surface area contributed by atoms with E-state index in [0.29, 0.717) is 15.7 Å². The zero-order valence-electron chi connectivity index (χ0n) is 10.1. The summed E-state index contributed by atoms with van der Waals surface area (Å²) in [6.45, 7) is 0. The first-order chi connectivity index (χ1) is 8.78. The molecule has 1 aliphatic carbocycles. The van der Waals surface area contributed by atoms with Crippen LogP contribution in [0.15, 0.2) is 22.7 Å². The van der Waals surface area contributed by atoms with Crippen molar-refractivity contribution in [1.29, 1.82) is 0 Å². The van der Waals surface area contributed by atoms with Crippen LogP contribution in [0, 0.1) is 0 Å². The van der Waals surface area contributed by atoms with Gasteiger partial charge in [0.2, 0.25) is 5.92 Å². The molecule has 2 rings (SSSR count). The molecule has 0 aromatic heterocycles. The minimum absolute atomic E-state index is 0.101. The maximum Gasteiger partial charge on any atom is 0.314 e. The number of anilines is 1. The van der Waals surface area contributed by atoms with Gasteiger partial charge < -0.3 is 10.8 Å². The Morgan fingerprint density at radius 1 is 1.26 bits per heavy atom. The number of aliphatic carboxylic acids is 1. The molecule has 19 heavy (non-hydrogen) atoms. The third-order valence-corrected chi connectivity index (χ3v) is 4.50. The maximum absolute atomic E-state index is 13.3. The van der Waals surface area contributed by atoms with Crippen LogP contribution in [-0.4, -0.2) is 17.0 Å². The molecule has 0 amide bonds. The van der Waals surface area contributed by atoms with Crippen LogP contribution < -0.4 is 5.73 Å². The summed E-state index contributed by atoms with van der Waals surface area (Å²) in [5, 5.41) is 9.51. The highest BCUT2D eigenvalue weighted by atomic mass is 79.9. The maximum atomic E-state index is 13.3. The lowest BCUT2D eigenvalue weighted by atomic mass is 9.68. The largest absolute Gasteiger partial charge is 0.481 e. The number of alkyl halides is 2. The molecule has 1 fully saturated rings. The van der Waals surface area contributed by atoms with Crippen molar-refractivity contribution in [1.82, 2.24) is 0 Å². The van der Waals surface area contributed by atoms with E-state index in [1.807, 2.05) is 0 Å². The Kier molecular flexibility index (Phi) is 3.55. The lowest BCUT2D eigenvalue weighted by Gasteiger charge is -2.37. The van der Waals surface area contributed by atoms with E-state index in [4.69, 9.17) is 5.73 Å². The zero-order chi connectivity index (χ0) is 14.3. The number of benzene rings is 1. The number of para-hydroxylation sites is 1. The molecule has 1 aromatic rings. The second kappa shape index (κ2) is 4.74. The summed E-state index contributed by atoms with van der Waals surface area (Å²) >= 11 is 3.24. The minimum Gasteiger partial charge on any atom is -0.481 e. The van der Waals surface area contributed by atoms with Gasteiger partial charge in [0.05, 0.1) is 11.1 Å². The molecule has 0 atom stereocenters. The Morgan fingerprint density at radius 3 is 2.37 bits per heavy atom. The van der Waals surface area contributed by atoms with Crippen LogP contribution in [0.2, 0.25) is 0 Å². The van der Waals surface area contributed by atoms with Gasteiger partial charge in [0.15, 0.2) is 0 Å².